The lowest BCUT2D eigenvalue weighted by molar-refractivity contribution is -0.120. The van der Waals surface area contributed by atoms with Gasteiger partial charge in [-0.3, -0.25) is 4.79 Å². The second-order valence-corrected chi connectivity index (χ2v) is 5.96. The molecule has 0 aromatic rings. The van der Waals surface area contributed by atoms with E-state index in [9.17, 15) is 4.79 Å². The zero-order valence-electron chi connectivity index (χ0n) is 10.5. The molecule has 1 spiro atoms. The van der Waals surface area contributed by atoms with E-state index in [2.05, 4.69) is 10.6 Å². The van der Waals surface area contributed by atoms with Gasteiger partial charge in [0, 0.05) is 24.9 Å². The lowest BCUT2D eigenvalue weighted by atomic mass is 9.90. The van der Waals surface area contributed by atoms with Crippen LogP contribution >= 0.6 is 11.8 Å². The molecule has 2 aliphatic rings. The summed E-state index contributed by atoms with van der Waals surface area (Å²) in [6.45, 7) is 3.90. The van der Waals surface area contributed by atoms with Crippen LogP contribution in [0.1, 0.15) is 26.2 Å². The summed E-state index contributed by atoms with van der Waals surface area (Å²) >= 11 is 1.98. The number of ether oxygens (including phenoxy) is 1. The van der Waals surface area contributed by atoms with E-state index >= 15 is 0 Å². The van der Waals surface area contributed by atoms with Gasteiger partial charge in [-0.25, -0.2) is 0 Å². The Morgan fingerprint density at radius 3 is 3.18 bits per heavy atom. The molecule has 5 heteroatoms. The van der Waals surface area contributed by atoms with Crippen molar-refractivity contribution in [1.29, 1.82) is 0 Å². The number of likely N-dealkylation sites (N-methyl/N-ethyl adjacent to an activating group) is 1. The summed E-state index contributed by atoms with van der Waals surface area (Å²) in [5.74, 6) is 2.42. The number of hydrogen-bond acceptors (Lipinski definition) is 4. The average molecular weight is 258 g/mol. The molecule has 0 aromatic heterocycles. The molecule has 2 aliphatic heterocycles. The maximum Gasteiger partial charge on any atom is 0.233 e. The number of nitrogens with one attached hydrogen (secondary N) is 2. The topological polar surface area (TPSA) is 50.4 Å². The van der Waals surface area contributed by atoms with Gasteiger partial charge in [0.05, 0.1) is 12.1 Å². The maximum atomic E-state index is 11.4. The summed E-state index contributed by atoms with van der Waals surface area (Å²) in [6.07, 6.45) is 3.24. The molecular formula is C12H22N2O2S. The molecule has 2 rings (SSSR count). The Bertz CT molecular complexity index is 267. The zero-order chi connectivity index (χ0) is 12.1. The number of carbonyl (C=O) groups excluding carboxylic acids is 1. The molecule has 0 radical (unpaired) electrons. The predicted octanol–water partition coefficient (Wildman–Crippen LogP) is 0.767. The van der Waals surface area contributed by atoms with Crippen molar-refractivity contribution in [3.63, 3.8) is 0 Å². The second-order valence-electron chi connectivity index (χ2n) is 4.86. The van der Waals surface area contributed by atoms with E-state index in [-0.39, 0.29) is 11.5 Å². The molecule has 0 bridgehead atoms. The van der Waals surface area contributed by atoms with E-state index < -0.39 is 0 Å². The fourth-order valence-electron chi connectivity index (χ4n) is 2.56. The lowest BCUT2D eigenvalue weighted by Crippen LogP contribution is -2.49. The predicted molar refractivity (Wildman–Crippen MR) is 70.3 cm³/mol. The monoisotopic (exact) mass is 258 g/mol. The van der Waals surface area contributed by atoms with Crippen LogP contribution in [0.2, 0.25) is 0 Å². The molecule has 2 heterocycles. The summed E-state index contributed by atoms with van der Waals surface area (Å²) in [7, 11) is 0. The highest BCUT2D eigenvalue weighted by molar-refractivity contribution is 7.99. The third-order valence-corrected chi connectivity index (χ3v) is 4.71. The van der Waals surface area contributed by atoms with Gasteiger partial charge in [-0.15, -0.1) is 0 Å². The lowest BCUT2D eigenvalue weighted by Gasteiger charge is -2.38. The highest BCUT2D eigenvalue weighted by Crippen LogP contribution is 2.38. The average Bonchev–Trinajstić information content (AvgIpc) is 2.75. The summed E-state index contributed by atoms with van der Waals surface area (Å²) in [6, 6.07) is 0.435. The normalized spacial score (nSPS) is 32.9. The standard InChI is InChI=1S/C12H22N2O2S/c1-2-13-11(15)8-14-10-3-5-16-12(7-10)4-6-17-9-12/h10,14H,2-9H2,1H3,(H,13,15). The van der Waals surface area contributed by atoms with Crippen LogP contribution in [-0.4, -0.2) is 48.8 Å². The first kappa shape index (κ1) is 13.2. The summed E-state index contributed by atoms with van der Waals surface area (Å²) < 4.78 is 5.95. The van der Waals surface area contributed by atoms with Gasteiger partial charge >= 0.3 is 0 Å². The molecule has 2 fully saturated rings. The van der Waals surface area contributed by atoms with Gasteiger partial charge < -0.3 is 15.4 Å². The smallest absolute Gasteiger partial charge is 0.233 e. The largest absolute Gasteiger partial charge is 0.374 e. The van der Waals surface area contributed by atoms with E-state index in [0.29, 0.717) is 19.1 Å². The first-order chi connectivity index (χ1) is 8.24. The molecule has 2 atom stereocenters. The third-order valence-electron chi connectivity index (χ3n) is 3.49. The number of carbonyl (C=O) groups is 1. The van der Waals surface area contributed by atoms with Gasteiger partial charge in [0.2, 0.25) is 5.91 Å². The van der Waals surface area contributed by atoms with Crippen LogP contribution < -0.4 is 10.6 Å². The first-order valence-corrected chi connectivity index (χ1v) is 7.61. The maximum absolute atomic E-state index is 11.4. The summed E-state index contributed by atoms with van der Waals surface area (Å²) in [4.78, 5) is 11.4. The molecule has 2 unspecified atom stereocenters. The first-order valence-electron chi connectivity index (χ1n) is 6.46. The van der Waals surface area contributed by atoms with Crippen LogP contribution in [0.4, 0.5) is 0 Å². The highest BCUT2D eigenvalue weighted by atomic mass is 32.2. The van der Waals surface area contributed by atoms with Crippen molar-refractivity contribution < 1.29 is 9.53 Å². The Labute approximate surface area is 107 Å². The minimum Gasteiger partial charge on any atom is -0.374 e. The quantitative estimate of drug-likeness (QED) is 0.782. The minimum atomic E-state index is 0.0915. The Morgan fingerprint density at radius 1 is 1.59 bits per heavy atom. The van der Waals surface area contributed by atoms with Crippen molar-refractivity contribution in [3.8, 4) is 0 Å². The molecule has 2 saturated heterocycles. The van der Waals surface area contributed by atoms with E-state index in [1.54, 1.807) is 0 Å². The van der Waals surface area contributed by atoms with Gasteiger partial charge in [0.1, 0.15) is 0 Å². The van der Waals surface area contributed by atoms with Crippen LogP contribution in [0.3, 0.4) is 0 Å². The van der Waals surface area contributed by atoms with Crippen LogP contribution in [0, 0.1) is 0 Å². The van der Waals surface area contributed by atoms with Gasteiger partial charge in [-0.1, -0.05) is 0 Å². The molecular weight excluding hydrogens is 236 g/mol. The molecule has 1 amide bonds. The van der Waals surface area contributed by atoms with Crippen LogP contribution in [-0.2, 0) is 9.53 Å². The third kappa shape index (κ3) is 3.60. The van der Waals surface area contributed by atoms with Crippen molar-refractivity contribution in [2.24, 2.45) is 0 Å². The number of rotatable bonds is 4. The van der Waals surface area contributed by atoms with E-state index in [1.807, 2.05) is 18.7 Å². The molecule has 4 nitrogen and oxygen atoms in total. The molecule has 0 aromatic carbocycles. The number of thioether (sulfide) groups is 1. The highest BCUT2D eigenvalue weighted by Gasteiger charge is 2.40. The minimum absolute atomic E-state index is 0.0915. The molecule has 17 heavy (non-hydrogen) atoms. The van der Waals surface area contributed by atoms with Crippen molar-refractivity contribution >= 4 is 17.7 Å². The zero-order valence-corrected chi connectivity index (χ0v) is 11.3. The fraction of sp³-hybridized carbons (Fsp3) is 0.917. The molecule has 0 saturated carbocycles. The summed E-state index contributed by atoms with van der Waals surface area (Å²) in [5.41, 5.74) is 0.0990. The number of hydrogen-bond donors (Lipinski definition) is 2. The Morgan fingerprint density at radius 2 is 2.47 bits per heavy atom. The van der Waals surface area contributed by atoms with Gasteiger partial charge in [0.25, 0.3) is 0 Å². The molecule has 0 aliphatic carbocycles. The second kappa shape index (κ2) is 6.07. The Hall–Kier alpha value is -0.260. The SMILES string of the molecule is CCNC(=O)CNC1CCOC2(CCSC2)C1. The Balaban J connectivity index is 1.75. The van der Waals surface area contributed by atoms with Crippen LogP contribution in [0.15, 0.2) is 0 Å². The number of amides is 1. The van der Waals surface area contributed by atoms with Crippen LogP contribution in [0.25, 0.3) is 0 Å². The van der Waals surface area contributed by atoms with Gasteiger partial charge in [-0.2, -0.15) is 11.8 Å². The van der Waals surface area contributed by atoms with Gasteiger partial charge in [-0.05, 0) is 31.9 Å². The molecule has 2 N–H and O–H groups in total. The van der Waals surface area contributed by atoms with Crippen molar-refractivity contribution in [3.05, 3.63) is 0 Å². The van der Waals surface area contributed by atoms with Crippen molar-refractivity contribution in [1.82, 2.24) is 10.6 Å². The van der Waals surface area contributed by atoms with Crippen LogP contribution in [0.5, 0.6) is 0 Å². The van der Waals surface area contributed by atoms with Gasteiger partial charge in [0.15, 0.2) is 0 Å². The summed E-state index contributed by atoms with van der Waals surface area (Å²) in [5, 5.41) is 6.17. The molecule has 98 valence electrons. The Kier molecular flexibility index (Phi) is 4.70. The van der Waals surface area contributed by atoms with Crippen molar-refractivity contribution in [2.75, 3.05) is 31.2 Å². The van der Waals surface area contributed by atoms with Crippen molar-refractivity contribution in [2.45, 2.75) is 37.8 Å². The fourth-order valence-corrected chi connectivity index (χ4v) is 3.94. The van der Waals surface area contributed by atoms with E-state index in [1.165, 1.54) is 5.75 Å². The van der Waals surface area contributed by atoms with E-state index in [0.717, 1.165) is 31.6 Å². The van der Waals surface area contributed by atoms with E-state index in [4.69, 9.17) is 4.74 Å².